The number of carbonyl (C=O) groups is 1. The Morgan fingerprint density at radius 3 is 2.75 bits per heavy atom. The van der Waals surface area contributed by atoms with E-state index in [1.165, 1.54) is 24.1 Å². The van der Waals surface area contributed by atoms with Crippen molar-refractivity contribution >= 4 is 17.2 Å². The fourth-order valence-electron chi connectivity index (χ4n) is 3.43. The number of rotatable bonds is 5. The highest BCUT2D eigenvalue weighted by Gasteiger charge is 2.36. The van der Waals surface area contributed by atoms with Gasteiger partial charge in [0.05, 0.1) is 17.9 Å². The summed E-state index contributed by atoms with van der Waals surface area (Å²) in [6, 6.07) is 2.60. The molecule has 4 rings (SSSR count). The molecule has 1 saturated carbocycles. The van der Waals surface area contributed by atoms with Crippen LogP contribution in [0.5, 0.6) is 0 Å². The van der Waals surface area contributed by atoms with Crippen molar-refractivity contribution in [2.75, 3.05) is 13.1 Å². The van der Waals surface area contributed by atoms with Gasteiger partial charge in [0, 0.05) is 30.2 Å². The van der Waals surface area contributed by atoms with Crippen molar-refractivity contribution in [2.24, 2.45) is 5.92 Å². The van der Waals surface area contributed by atoms with Gasteiger partial charge in [0.1, 0.15) is 11.3 Å². The van der Waals surface area contributed by atoms with Crippen LogP contribution in [0.1, 0.15) is 52.8 Å². The average molecular weight is 345 g/mol. The Balaban J connectivity index is 1.34. The third kappa shape index (κ3) is 3.39. The lowest BCUT2D eigenvalue weighted by Gasteiger charge is -2.34. The second-order valence-corrected chi connectivity index (χ2v) is 7.78. The maximum atomic E-state index is 12.4. The van der Waals surface area contributed by atoms with Gasteiger partial charge in [-0.05, 0) is 44.6 Å². The molecule has 0 unspecified atom stereocenters. The highest BCUT2D eigenvalue weighted by atomic mass is 32.1. The van der Waals surface area contributed by atoms with E-state index < -0.39 is 0 Å². The molecule has 1 amide bonds. The van der Waals surface area contributed by atoms with E-state index in [0.717, 1.165) is 37.5 Å². The summed E-state index contributed by atoms with van der Waals surface area (Å²) in [5.41, 5.74) is 1.76. The molecule has 2 aromatic rings. The Morgan fingerprint density at radius 2 is 2.17 bits per heavy atom. The molecule has 0 spiro atoms. The number of hydrogen-bond acceptors (Lipinski definition) is 5. The molecule has 5 nitrogen and oxygen atoms in total. The molecule has 1 aliphatic heterocycles. The Hall–Kier alpha value is -1.66. The number of aromatic nitrogens is 1. The standard InChI is InChI=1S/C18H23N3O2S/c1-12-11-24-17(19-12)16(13-2-3-13)20-15-4-7-21(8-5-15)18(22)14-6-9-23-10-14/h6,9-11,13,15-16,20H,2-5,7-8H2,1H3/t16-/m1/s1. The van der Waals surface area contributed by atoms with Crippen LogP contribution >= 0.6 is 11.3 Å². The highest BCUT2D eigenvalue weighted by Crippen LogP contribution is 2.42. The van der Waals surface area contributed by atoms with E-state index >= 15 is 0 Å². The van der Waals surface area contributed by atoms with Crippen molar-refractivity contribution in [1.82, 2.24) is 15.2 Å². The largest absolute Gasteiger partial charge is 0.472 e. The topological polar surface area (TPSA) is 58.4 Å². The molecular weight excluding hydrogens is 322 g/mol. The van der Waals surface area contributed by atoms with Crippen LogP contribution in [0.2, 0.25) is 0 Å². The first-order valence-electron chi connectivity index (χ1n) is 8.70. The highest BCUT2D eigenvalue weighted by molar-refractivity contribution is 7.09. The van der Waals surface area contributed by atoms with Crippen molar-refractivity contribution in [1.29, 1.82) is 0 Å². The molecule has 0 radical (unpaired) electrons. The lowest BCUT2D eigenvalue weighted by molar-refractivity contribution is 0.0699. The average Bonchev–Trinajstić information content (AvgIpc) is 3.10. The summed E-state index contributed by atoms with van der Waals surface area (Å²) in [4.78, 5) is 19.0. The zero-order chi connectivity index (χ0) is 16.5. The number of nitrogens with zero attached hydrogens (tertiary/aromatic N) is 2. The number of thiazole rings is 1. The van der Waals surface area contributed by atoms with Crippen molar-refractivity contribution < 1.29 is 9.21 Å². The third-order valence-corrected chi connectivity index (χ3v) is 6.01. The molecule has 2 aromatic heterocycles. The second kappa shape index (κ2) is 6.69. The van der Waals surface area contributed by atoms with Gasteiger partial charge >= 0.3 is 0 Å². The van der Waals surface area contributed by atoms with Crippen LogP contribution in [0.3, 0.4) is 0 Å². The summed E-state index contributed by atoms with van der Waals surface area (Å²) in [7, 11) is 0. The zero-order valence-corrected chi connectivity index (χ0v) is 14.7. The summed E-state index contributed by atoms with van der Waals surface area (Å²) in [5, 5.41) is 7.20. The fraction of sp³-hybridized carbons (Fsp3) is 0.556. The number of piperidine rings is 1. The number of likely N-dealkylation sites (tertiary alicyclic amines) is 1. The quantitative estimate of drug-likeness (QED) is 0.902. The molecule has 24 heavy (non-hydrogen) atoms. The maximum Gasteiger partial charge on any atom is 0.257 e. The van der Waals surface area contributed by atoms with Crippen LogP contribution in [0, 0.1) is 12.8 Å². The van der Waals surface area contributed by atoms with E-state index in [2.05, 4.69) is 17.6 Å². The number of hydrogen-bond donors (Lipinski definition) is 1. The van der Waals surface area contributed by atoms with E-state index in [1.807, 2.05) is 4.90 Å². The minimum atomic E-state index is 0.0801. The van der Waals surface area contributed by atoms with E-state index in [9.17, 15) is 4.79 Å². The molecule has 1 atom stereocenters. The third-order valence-electron chi connectivity index (χ3n) is 4.96. The number of furan rings is 1. The minimum absolute atomic E-state index is 0.0801. The monoisotopic (exact) mass is 345 g/mol. The zero-order valence-electron chi connectivity index (χ0n) is 13.9. The van der Waals surface area contributed by atoms with Gasteiger partial charge in [-0.1, -0.05) is 0 Å². The van der Waals surface area contributed by atoms with Crippen LogP contribution in [-0.2, 0) is 0 Å². The number of amides is 1. The van der Waals surface area contributed by atoms with Crippen LogP contribution in [-0.4, -0.2) is 34.9 Å². The molecule has 0 aromatic carbocycles. The predicted octanol–water partition coefficient (Wildman–Crippen LogP) is 3.39. The number of nitrogens with one attached hydrogen (secondary N) is 1. The Bertz CT molecular complexity index is 685. The molecule has 1 N–H and O–H groups in total. The normalized spacial score (nSPS) is 20.3. The molecule has 0 bridgehead atoms. The second-order valence-electron chi connectivity index (χ2n) is 6.89. The number of carbonyl (C=O) groups excluding carboxylic acids is 1. The molecule has 2 aliphatic rings. The van der Waals surface area contributed by atoms with Crippen LogP contribution in [0.4, 0.5) is 0 Å². The van der Waals surface area contributed by atoms with Gasteiger partial charge in [0.2, 0.25) is 0 Å². The molecule has 3 heterocycles. The van der Waals surface area contributed by atoms with Gasteiger partial charge in [-0.15, -0.1) is 11.3 Å². The SMILES string of the molecule is Cc1csc([C@H](NC2CCN(C(=O)c3ccoc3)CC2)C2CC2)n1. The van der Waals surface area contributed by atoms with Crippen molar-refractivity contribution in [2.45, 2.75) is 44.7 Å². The van der Waals surface area contributed by atoms with Gasteiger partial charge in [-0.3, -0.25) is 4.79 Å². The molecule has 1 saturated heterocycles. The van der Waals surface area contributed by atoms with E-state index in [-0.39, 0.29) is 5.91 Å². The van der Waals surface area contributed by atoms with Crippen molar-refractivity contribution in [3.63, 3.8) is 0 Å². The summed E-state index contributed by atoms with van der Waals surface area (Å²) in [5.74, 6) is 0.817. The van der Waals surface area contributed by atoms with Crippen molar-refractivity contribution in [3.05, 3.63) is 40.2 Å². The number of aryl methyl sites for hydroxylation is 1. The first-order valence-corrected chi connectivity index (χ1v) is 9.58. The first kappa shape index (κ1) is 15.8. The summed E-state index contributed by atoms with van der Waals surface area (Å²) >= 11 is 1.77. The first-order chi connectivity index (χ1) is 11.7. The van der Waals surface area contributed by atoms with E-state index in [1.54, 1.807) is 23.7 Å². The van der Waals surface area contributed by atoms with Gasteiger partial charge in [0.25, 0.3) is 5.91 Å². The van der Waals surface area contributed by atoms with Gasteiger partial charge in [-0.2, -0.15) is 0 Å². The van der Waals surface area contributed by atoms with E-state index in [4.69, 9.17) is 9.40 Å². The van der Waals surface area contributed by atoms with Crippen LogP contribution in [0.15, 0.2) is 28.4 Å². The van der Waals surface area contributed by atoms with Gasteiger partial charge in [-0.25, -0.2) is 4.98 Å². The molecule has 1 aliphatic carbocycles. The summed E-state index contributed by atoms with van der Waals surface area (Å²) < 4.78 is 5.02. The maximum absolute atomic E-state index is 12.4. The Morgan fingerprint density at radius 1 is 1.38 bits per heavy atom. The Labute approximate surface area is 146 Å². The fourth-order valence-corrected chi connectivity index (χ4v) is 4.37. The van der Waals surface area contributed by atoms with Gasteiger partial charge < -0.3 is 14.6 Å². The summed E-state index contributed by atoms with van der Waals surface area (Å²) in [6.07, 6.45) is 7.68. The lowest BCUT2D eigenvalue weighted by atomic mass is 10.0. The minimum Gasteiger partial charge on any atom is -0.472 e. The van der Waals surface area contributed by atoms with Crippen molar-refractivity contribution in [3.8, 4) is 0 Å². The smallest absolute Gasteiger partial charge is 0.257 e. The summed E-state index contributed by atoms with van der Waals surface area (Å²) in [6.45, 7) is 3.66. The molecule has 2 fully saturated rings. The van der Waals surface area contributed by atoms with Crippen LogP contribution in [0.25, 0.3) is 0 Å². The molecular formula is C18H23N3O2S. The lowest BCUT2D eigenvalue weighted by Crippen LogP contribution is -2.46. The van der Waals surface area contributed by atoms with Gasteiger partial charge in [0.15, 0.2) is 0 Å². The predicted molar refractivity (Wildman–Crippen MR) is 93.1 cm³/mol. The molecule has 6 heteroatoms. The van der Waals surface area contributed by atoms with Crippen LogP contribution < -0.4 is 5.32 Å². The van der Waals surface area contributed by atoms with E-state index in [0.29, 0.717) is 17.6 Å². The molecule has 128 valence electrons. The Kier molecular flexibility index (Phi) is 4.41.